The summed E-state index contributed by atoms with van der Waals surface area (Å²) in [5.41, 5.74) is 3.58. The second-order valence-electron chi connectivity index (χ2n) is 4.71. The van der Waals surface area contributed by atoms with Crippen molar-refractivity contribution in [2.45, 2.75) is 25.4 Å². The summed E-state index contributed by atoms with van der Waals surface area (Å²) in [6.07, 6.45) is 3.93. The summed E-state index contributed by atoms with van der Waals surface area (Å²) in [5.74, 6) is 6.02. The Kier molecular flexibility index (Phi) is 4.11. The standard InChI is InChI=1S/C12H19N5O/c1-17(8-12(18)15-10-2-3-10)7-9-4-5-14-11(6-9)16-13/h4-6,10H,2-3,7-8,13H2,1H3,(H,14,16)(H,15,18). The first-order valence-electron chi connectivity index (χ1n) is 6.07. The lowest BCUT2D eigenvalue weighted by Crippen LogP contribution is -2.35. The quantitative estimate of drug-likeness (QED) is 0.491. The van der Waals surface area contributed by atoms with E-state index in [9.17, 15) is 4.79 Å². The molecular weight excluding hydrogens is 230 g/mol. The van der Waals surface area contributed by atoms with Crippen LogP contribution in [-0.2, 0) is 11.3 Å². The van der Waals surface area contributed by atoms with Gasteiger partial charge >= 0.3 is 0 Å². The number of rotatable bonds is 6. The summed E-state index contributed by atoms with van der Waals surface area (Å²) >= 11 is 0. The average molecular weight is 249 g/mol. The van der Waals surface area contributed by atoms with E-state index in [1.165, 1.54) is 0 Å². The summed E-state index contributed by atoms with van der Waals surface area (Å²) in [6.45, 7) is 1.10. The fourth-order valence-corrected chi connectivity index (χ4v) is 1.77. The Morgan fingerprint density at radius 1 is 1.61 bits per heavy atom. The molecule has 1 fully saturated rings. The predicted octanol–water partition coefficient (Wildman–Crippen LogP) is 0.0776. The molecule has 4 N–H and O–H groups in total. The van der Waals surface area contributed by atoms with Gasteiger partial charge in [-0.15, -0.1) is 0 Å². The molecule has 0 spiro atoms. The van der Waals surface area contributed by atoms with Gasteiger partial charge in [0.1, 0.15) is 5.82 Å². The molecule has 1 aromatic rings. The summed E-state index contributed by atoms with van der Waals surface area (Å²) in [6, 6.07) is 4.20. The van der Waals surface area contributed by atoms with E-state index in [0.717, 1.165) is 18.4 Å². The Bertz CT molecular complexity index is 419. The summed E-state index contributed by atoms with van der Waals surface area (Å²) in [4.78, 5) is 17.6. The number of carbonyl (C=O) groups excluding carboxylic acids is 1. The molecule has 1 saturated carbocycles. The van der Waals surface area contributed by atoms with Gasteiger partial charge in [-0.25, -0.2) is 10.8 Å². The maximum atomic E-state index is 11.6. The van der Waals surface area contributed by atoms with Gasteiger partial charge in [0.2, 0.25) is 5.91 Å². The number of hydrazine groups is 1. The van der Waals surface area contributed by atoms with Crippen LogP contribution in [0.2, 0.25) is 0 Å². The maximum Gasteiger partial charge on any atom is 0.234 e. The molecule has 6 heteroatoms. The Balaban J connectivity index is 1.81. The van der Waals surface area contributed by atoms with E-state index in [2.05, 4.69) is 15.7 Å². The van der Waals surface area contributed by atoms with Crippen molar-refractivity contribution in [1.82, 2.24) is 15.2 Å². The van der Waals surface area contributed by atoms with Crippen molar-refractivity contribution in [3.05, 3.63) is 23.9 Å². The molecule has 0 aliphatic heterocycles. The van der Waals surface area contributed by atoms with E-state index < -0.39 is 0 Å². The minimum absolute atomic E-state index is 0.0891. The van der Waals surface area contributed by atoms with E-state index >= 15 is 0 Å². The van der Waals surface area contributed by atoms with Crippen LogP contribution < -0.4 is 16.6 Å². The number of hydrogen-bond donors (Lipinski definition) is 3. The van der Waals surface area contributed by atoms with Crippen LogP contribution in [0.1, 0.15) is 18.4 Å². The highest BCUT2D eigenvalue weighted by molar-refractivity contribution is 5.78. The van der Waals surface area contributed by atoms with E-state index in [1.807, 2.05) is 24.1 Å². The van der Waals surface area contributed by atoms with Gasteiger partial charge in [-0.2, -0.15) is 0 Å². The lowest BCUT2D eigenvalue weighted by Gasteiger charge is -2.16. The number of nitrogens with one attached hydrogen (secondary N) is 2. The van der Waals surface area contributed by atoms with Gasteiger partial charge in [-0.3, -0.25) is 9.69 Å². The van der Waals surface area contributed by atoms with E-state index in [-0.39, 0.29) is 5.91 Å². The van der Waals surface area contributed by atoms with Gasteiger partial charge in [0, 0.05) is 18.8 Å². The van der Waals surface area contributed by atoms with E-state index in [1.54, 1.807) is 6.20 Å². The monoisotopic (exact) mass is 249 g/mol. The third-order valence-electron chi connectivity index (χ3n) is 2.78. The van der Waals surface area contributed by atoms with Crippen LogP contribution in [0, 0.1) is 0 Å². The predicted molar refractivity (Wildman–Crippen MR) is 69.5 cm³/mol. The minimum atomic E-state index is 0.0891. The topological polar surface area (TPSA) is 83.3 Å². The molecule has 2 rings (SSSR count). The van der Waals surface area contributed by atoms with Crippen LogP contribution >= 0.6 is 0 Å². The molecule has 1 heterocycles. The normalized spacial score (nSPS) is 14.6. The van der Waals surface area contributed by atoms with Crippen LogP contribution in [0.4, 0.5) is 5.82 Å². The van der Waals surface area contributed by atoms with Gasteiger partial charge in [0.05, 0.1) is 6.54 Å². The molecule has 6 nitrogen and oxygen atoms in total. The maximum absolute atomic E-state index is 11.6. The zero-order valence-corrected chi connectivity index (χ0v) is 10.5. The molecule has 98 valence electrons. The van der Waals surface area contributed by atoms with Crippen LogP contribution in [0.3, 0.4) is 0 Å². The number of hydrogen-bond acceptors (Lipinski definition) is 5. The Morgan fingerprint density at radius 3 is 3.06 bits per heavy atom. The number of aromatic nitrogens is 1. The van der Waals surface area contributed by atoms with Gasteiger partial charge in [0.15, 0.2) is 0 Å². The highest BCUT2D eigenvalue weighted by atomic mass is 16.2. The number of nitrogens with two attached hydrogens (primary N) is 1. The van der Waals surface area contributed by atoms with Crippen molar-refractivity contribution in [2.75, 3.05) is 19.0 Å². The SMILES string of the molecule is CN(CC(=O)NC1CC1)Cc1ccnc(NN)c1. The molecule has 1 aliphatic rings. The number of anilines is 1. The molecule has 0 radical (unpaired) electrons. The van der Waals surface area contributed by atoms with Crippen molar-refractivity contribution in [3.63, 3.8) is 0 Å². The fraction of sp³-hybridized carbons (Fsp3) is 0.500. The smallest absolute Gasteiger partial charge is 0.234 e. The average Bonchev–Trinajstić information content (AvgIpc) is 3.12. The molecule has 0 bridgehead atoms. The largest absolute Gasteiger partial charge is 0.352 e. The van der Waals surface area contributed by atoms with Crippen LogP contribution in [0.5, 0.6) is 0 Å². The van der Waals surface area contributed by atoms with Crippen LogP contribution in [0.15, 0.2) is 18.3 Å². The molecule has 1 aliphatic carbocycles. The first-order valence-corrected chi connectivity index (χ1v) is 6.07. The lowest BCUT2D eigenvalue weighted by molar-refractivity contribution is -0.122. The highest BCUT2D eigenvalue weighted by Crippen LogP contribution is 2.18. The summed E-state index contributed by atoms with van der Waals surface area (Å²) in [7, 11) is 1.92. The highest BCUT2D eigenvalue weighted by Gasteiger charge is 2.23. The number of pyridine rings is 1. The number of amides is 1. The van der Waals surface area contributed by atoms with Crippen molar-refractivity contribution in [2.24, 2.45) is 5.84 Å². The summed E-state index contributed by atoms with van der Waals surface area (Å²) < 4.78 is 0. The van der Waals surface area contributed by atoms with E-state index in [4.69, 9.17) is 5.84 Å². The lowest BCUT2D eigenvalue weighted by atomic mass is 10.2. The van der Waals surface area contributed by atoms with Gasteiger partial charge in [0.25, 0.3) is 0 Å². The van der Waals surface area contributed by atoms with Crippen molar-refractivity contribution < 1.29 is 4.79 Å². The zero-order chi connectivity index (χ0) is 13.0. The Labute approximate surface area is 107 Å². The second kappa shape index (κ2) is 5.79. The molecular formula is C12H19N5O. The van der Waals surface area contributed by atoms with Crippen LogP contribution in [0.25, 0.3) is 0 Å². The van der Waals surface area contributed by atoms with E-state index in [0.29, 0.717) is 24.9 Å². The molecule has 0 saturated heterocycles. The van der Waals surface area contributed by atoms with Gasteiger partial charge < -0.3 is 10.7 Å². The number of carbonyl (C=O) groups is 1. The molecule has 18 heavy (non-hydrogen) atoms. The van der Waals surface area contributed by atoms with Crippen LogP contribution in [-0.4, -0.2) is 35.4 Å². The third-order valence-corrected chi connectivity index (χ3v) is 2.78. The Hall–Kier alpha value is -1.66. The van der Waals surface area contributed by atoms with Crippen molar-refractivity contribution in [1.29, 1.82) is 0 Å². The first kappa shape index (κ1) is 12.8. The molecule has 0 aromatic carbocycles. The van der Waals surface area contributed by atoms with Gasteiger partial charge in [-0.1, -0.05) is 0 Å². The van der Waals surface area contributed by atoms with Gasteiger partial charge in [-0.05, 0) is 37.6 Å². The second-order valence-corrected chi connectivity index (χ2v) is 4.71. The van der Waals surface area contributed by atoms with Crippen molar-refractivity contribution >= 4 is 11.7 Å². The molecule has 1 aromatic heterocycles. The van der Waals surface area contributed by atoms with Crippen molar-refractivity contribution in [3.8, 4) is 0 Å². The first-order chi connectivity index (χ1) is 8.67. The molecule has 1 amide bonds. The number of nitrogens with zero attached hydrogens (tertiary/aromatic N) is 2. The minimum Gasteiger partial charge on any atom is -0.352 e. The third kappa shape index (κ3) is 3.97. The number of nitrogen functional groups attached to an aromatic ring is 1. The molecule has 0 unspecified atom stereocenters. The molecule has 0 atom stereocenters. The summed E-state index contributed by atoms with van der Waals surface area (Å²) in [5, 5.41) is 2.97. The Morgan fingerprint density at radius 2 is 2.39 bits per heavy atom. The fourth-order valence-electron chi connectivity index (χ4n) is 1.77. The zero-order valence-electron chi connectivity index (χ0n) is 10.5. The number of likely N-dealkylation sites (N-methyl/N-ethyl adjacent to an activating group) is 1.